The molecule has 1 aliphatic rings. The lowest BCUT2D eigenvalue weighted by Crippen LogP contribution is -2.33. The number of methoxy groups -OCH3 is 1. The summed E-state index contributed by atoms with van der Waals surface area (Å²) in [6.07, 6.45) is 2.44. The SMILES string of the molecule is CNCCC(Oc1ccc(CN2CCN(C)c3nc(OC)ncc3C2=O)cc1)c1cscc1C. The summed E-state index contributed by atoms with van der Waals surface area (Å²) in [5, 5.41) is 7.54. The number of carbonyl (C=O) groups excluding carboxylic acids is 1. The average Bonchev–Trinajstić information content (AvgIpc) is 3.25. The van der Waals surface area contributed by atoms with Crippen molar-refractivity contribution in [2.75, 3.05) is 45.7 Å². The van der Waals surface area contributed by atoms with Gasteiger partial charge in [0.1, 0.15) is 23.2 Å². The van der Waals surface area contributed by atoms with E-state index in [4.69, 9.17) is 9.47 Å². The molecule has 1 aromatic carbocycles. The van der Waals surface area contributed by atoms with E-state index in [0.717, 1.165) is 24.3 Å². The Hall–Kier alpha value is -3.17. The van der Waals surface area contributed by atoms with Crippen LogP contribution in [0.2, 0.25) is 0 Å². The van der Waals surface area contributed by atoms with Crippen molar-refractivity contribution in [1.29, 1.82) is 0 Å². The van der Waals surface area contributed by atoms with Crippen LogP contribution in [0.3, 0.4) is 0 Å². The molecular weight excluding hydrogens is 450 g/mol. The molecule has 0 saturated heterocycles. The van der Waals surface area contributed by atoms with E-state index in [2.05, 4.69) is 33.0 Å². The van der Waals surface area contributed by atoms with Crippen molar-refractivity contribution in [3.05, 3.63) is 63.5 Å². The highest BCUT2D eigenvalue weighted by molar-refractivity contribution is 7.08. The fraction of sp³-hybridized carbons (Fsp3) is 0.400. The van der Waals surface area contributed by atoms with E-state index in [1.165, 1.54) is 18.2 Å². The third-order valence-electron chi connectivity index (χ3n) is 5.99. The number of aryl methyl sites for hydroxylation is 1. The molecule has 3 heterocycles. The first-order chi connectivity index (χ1) is 16.5. The summed E-state index contributed by atoms with van der Waals surface area (Å²) in [5.41, 5.74) is 4.02. The molecule has 0 fully saturated rings. The van der Waals surface area contributed by atoms with Gasteiger partial charge in [-0.05, 0) is 54.5 Å². The number of hydrogen-bond donors (Lipinski definition) is 1. The van der Waals surface area contributed by atoms with Crippen LogP contribution >= 0.6 is 11.3 Å². The Morgan fingerprint density at radius 3 is 2.68 bits per heavy atom. The van der Waals surface area contributed by atoms with Crippen LogP contribution in [0.15, 0.2) is 41.2 Å². The minimum absolute atomic E-state index is 0.000708. The van der Waals surface area contributed by atoms with E-state index in [9.17, 15) is 4.79 Å². The number of aromatic nitrogens is 2. The van der Waals surface area contributed by atoms with Crippen molar-refractivity contribution >= 4 is 23.1 Å². The fourth-order valence-corrected chi connectivity index (χ4v) is 4.90. The summed E-state index contributed by atoms with van der Waals surface area (Å²) >= 11 is 1.70. The number of amides is 1. The predicted molar refractivity (Wildman–Crippen MR) is 134 cm³/mol. The molecule has 9 heteroatoms. The number of fused-ring (bicyclic) bond motifs is 1. The van der Waals surface area contributed by atoms with Crippen LogP contribution in [-0.2, 0) is 6.54 Å². The van der Waals surface area contributed by atoms with Crippen LogP contribution in [-0.4, -0.2) is 61.6 Å². The number of carbonyl (C=O) groups is 1. The monoisotopic (exact) mass is 481 g/mol. The van der Waals surface area contributed by atoms with Gasteiger partial charge in [-0.3, -0.25) is 4.79 Å². The van der Waals surface area contributed by atoms with Crippen molar-refractivity contribution in [3.63, 3.8) is 0 Å². The Morgan fingerprint density at radius 1 is 1.21 bits per heavy atom. The van der Waals surface area contributed by atoms with Gasteiger partial charge in [-0.15, -0.1) is 0 Å². The third-order valence-corrected chi connectivity index (χ3v) is 6.87. The quantitative estimate of drug-likeness (QED) is 0.499. The highest BCUT2D eigenvalue weighted by Crippen LogP contribution is 2.30. The van der Waals surface area contributed by atoms with Gasteiger partial charge in [0, 0.05) is 44.9 Å². The van der Waals surface area contributed by atoms with Crippen LogP contribution in [0.25, 0.3) is 0 Å². The number of likely N-dealkylation sites (N-methyl/N-ethyl adjacent to an activating group) is 1. The summed E-state index contributed by atoms with van der Waals surface area (Å²) < 4.78 is 11.5. The first-order valence-corrected chi connectivity index (χ1v) is 12.3. The molecule has 0 aliphatic carbocycles. The van der Waals surface area contributed by atoms with Crippen molar-refractivity contribution in [2.45, 2.75) is 26.0 Å². The molecule has 4 rings (SSSR count). The number of rotatable bonds is 9. The Bertz CT molecular complexity index is 1120. The highest BCUT2D eigenvalue weighted by Gasteiger charge is 2.27. The van der Waals surface area contributed by atoms with Crippen LogP contribution in [0, 0.1) is 6.92 Å². The predicted octanol–water partition coefficient (Wildman–Crippen LogP) is 3.68. The first-order valence-electron chi connectivity index (χ1n) is 11.3. The van der Waals surface area contributed by atoms with Crippen LogP contribution < -0.4 is 19.7 Å². The number of benzene rings is 1. The van der Waals surface area contributed by atoms with Crippen molar-refractivity contribution < 1.29 is 14.3 Å². The van der Waals surface area contributed by atoms with Crippen LogP contribution in [0.5, 0.6) is 11.8 Å². The number of hydrogen-bond acceptors (Lipinski definition) is 8. The normalized spacial score (nSPS) is 14.5. The Labute approximate surface area is 204 Å². The molecule has 0 saturated carbocycles. The molecular formula is C25H31N5O3S. The summed E-state index contributed by atoms with van der Waals surface area (Å²) in [6, 6.07) is 8.28. The molecule has 180 valence electrons. The molecule has 8 nitrogen and oxygen atoms in total. The van der Waals surface area contributed by atoms with Gasteiger partial charge < -0.3 is 24.6 Å². The third kappa shape index (κ3) is 5.31. The summed E-state index contributed by atoms with van der Waals surface area (Å²) in [5.74, 6) is 1.34. The van der Waals surface area contributed by atoms with Crippen molar-refractivity contribution in [2.24, 2.45) is 0 Å². The van der Waals surface area contributed by atoms with E-state index in [1.54, 1.807) is 17.5 Å². The minimum atomic E-state index is -0.0811. The van der Waals surface area contributed by atoms with Gasteiger partial charge in [-0.2, -0.15) is 16.3 Å². The molecule has 1 unspecified atom stereocenters. The molecule has 1 aliphatic heterocycles. The van der Waals surface area contributed by atoms with Gasteiger partial charge in [0.05, 0.1) is 7.11 Å². The summed E-state index contributed by atoms with van der Waals surface area (Å²) in [4.78, 5) is 25.5. The summed E-state index contributed by atoms with van der Waals surface area (Å²) in [6.45, 7) is 4.77. The molecule has 2 aromatic heterocycles. The van der Waals surface area contributed by atoms with E-state index >= 15 is 0 Å². The van der Waals surface area contributed by atoms with E-state index in [1.807, 2.05) is 48.2 Å². The maximum absolute atomic E-state index is 13.2. The molecule has 1 atom stereocenters. The number of ether oxygens (including phenoxy) is 2. The van der Waals surface area contributed by atoms with Crippen molar-refractivity contribution in [1.82, 2.24) is 20.2 Å². The largest absolute Gasteiger partial charge is 0.486 e. The smallest absolute Gasteiger partial charge is 0.318 e. The average molecular weight is 482 g/mol. The minimum Gasteiger partial charge on any atom is -0.486 e. The lowest BCUT2D eigenvalue weighted by Gasteiger charge is -2.22. The van der Waals surface area contributed by atoms with Crippen LogP contribution in [0.1, 0.15) is 39.6 Å². The second-order valence-corrected chi connectivity index (χ2v) is 9.14. The van der Waals surface area contributed by atoms with Gasteiger partial charge in [0.25, 0.3) is 5.91 Å². The molecule has 0 spiro atoms. The second-order valence-electron chi connectivity index (χ2n) is 8.40. The lowest BCUT2D eigenvalue weighted by molar-refractivity contribution is 0.0754. The van der Waals surface area contributed by atoms with E-state index < -0.39 is 0 Å². The first kappa shape index (κ1) is 24.0. The van der Waals surface area contributed by atoms with E-state index in [0.29, 0.717) is 31.0 Å². The number of anilines is 1. The van der Waals surface area contributed by atoms with E-state index in [-0.39, 0.29) is 18.0 Å². The number of nitrogens with zero attached hydrogens (tertiary/aromatic N) is 4. The van der Waals surface area contributed by atoms with Gasteiger partial charge in [0.15, 0.2) is 0 Å². The molecule has 34 heavy (non-hydrogen) atoms. The standard InChI is InChI=1S/C25H31N5O3S/c1-17-15-34-16-21(17)22(9-10-26-2)33-19-7-5-18(6-8-19)14-30-12-11-29(3)23-20(24(30)31)13-27-25(28-23)32-4/h5-8,13,15-16,22,26H,9-12,14H2,1-4H3. The van der Waals surface area contributed by atoms with Gasteiger partial charge in [-0.1, -0.05) is 12.1 Å². The van der Waals surface area contributed by atoms with Gasteiger partial charge in [0.2, 0.25) is 0 Å². The van der Waals surface area contributed by atoms with Crippen LogP contribution in [0.4, 0.5) is 5.82 Å². The highest BCUT2D eigenvalue weighted by atomic mass is 32.1. The zero-order valence-corrected chi connectivity index (χ0v) is 20.9. The Morgan fingerprint density at radius 2 is 2.00 bits per heavy atom. The zero-order chi connectivity index (χ0) is 24.1. The molecule has 1 amide bonds. The maximum Gasteiger partial charge on any atom is 0.318 e. The number of thiophene rings is 1. The Balaban J connectivity index is 1.46. The molecule has 0 bridgehead atoms. The van der Waals surface area contributed by atoms with Gasteiger partial charge >= 0.3 is 6.01 Å². The lowest BCUT2D eigenvalue weighted by atomic mass is 10.1. The topological polar surface area (TPSA) is 79.8 Å². The number of nitrogens with one attached hydrogen (secondary N) is 1. The second kappa shape index (κ2) is 10.8. The molecule has 0 radical (unpaired) electrons. The maximum atomic E-state index is 13.2. The Kier molecular flexibility index (Phi) is 7.64. The molecule has 1 N–H and O–H groups in total. The molecule has 3 aromatic rings. The fourth-order valence-electron chi connectivity index (χ4n) is 4.01. The van der Waals surface area contributed by atoms with Crippen molar-refractivity contribution in [3.8, 4) is 11.8 Å². The zero-order valence-electron chi connectivity index (χ0n) is 20.1. The van der Waals surface area contributed by atoms with Gasteiger partial charge in [-0.25, -0.2) is 4.98 Å². The summed E-state index contributed by atoms with van der Waals surface area (Å²) in [7, 11) is 5.40.